The lowest BCUT2D eigenvalue weighted by Crippen LogP contribution is -2.24. The minimum absolute atomic E-state index is 0.224. The van der Waals surface area contributed by atoms with Crippen LogP contribution in [0, 0.1) is 13.8 Å². The summed E-state index contributed by atoms with van der Waals surface area (Å²) >= 11 is 0. The van der Waals surface area contributed by atoms with Gasteiger partial charge in [0.2, 0.25) is 0 Å². The number of hydrogen-bond donors (Lipinski definition) is 0. The molecule has 19 heavy (non-hydrogen) atoms. The van der Waals surface area contributed by atoms with Crippen molar-refractivity contribution in [3.8, 4) is 5.69 Å². The Hall–Kier alpha value is -2.10. The maximum atomic E-state index is 11.3. The average molecular weight is 257 g/mol. The van der Waals surface area contributed by atoms with Crippen LogP contribution in [0.15, 0.2) is 24.3 Å². The van der Waals surface area contributed by atoms with E-state index in [2.05, 4.69) is 5.10 Å². The van der Waals surface area contributed by atoms with Crippen molar-refractivity contribution in [1.29, 1.82) is 0 Å². The fraction of sp³-hybridized carbons (Fsp3) is 0.333. The molecule has 0 unspecified atom stereocenters. The molecule has 1 heterocycles. The third-order valence-corrected chi connectivity index (χ3v) is 3.16. The number of hydrogen-bond acceptors (Lipinski definition) is 3. The molecule has 0 fully saturated rings. The van der Waals surface area contributed by atoms with Gasteiger partial charge in [-0.1, -0.05) is 31.0 Å². The number of carboxylic acid groups (broad SMARTS) is 1. The minimum Gasteiger partial charge on any atom is -0.545 e. The second kappa shape index (κ2) is 5.26. The normalized spacial score (nSPS) is 10.7. The van der Waals surface area contributed by atoms with Crippen molar-refractivity contribution in [2.45, 2.75) is 33.6 Å². The summed E-state index contributed by atoms with van der Waals surface area (Å²) in [7, 11) is 0. The lowest BCUT2D eigenvalue weighted by molar-refractivity contribution is -0.255. The van der Waals surface area contributed by atoms with Gasteiger partial charge >= 0.3 is 0 Å². The van der Waals surface area contributed by atoms with Gasteiger partial charge in [0.15, 0.2) is 0 Å². The molecule has 0 radical (unpaired) electrons. The maximum Gasteiger partial charge on any atom is 0.0752 e. The van der Waals surface area contributed by atoms with Crippen LogP contribution in [0.2, 0.25) is 0 Å². The molecular formula is C15H17N2O2-. The second-order valence-electron chi connectivity index (χ2n) is 4.69. The molecular weight excluding hydrogens is 240 g/mol. The Morgan fingerprint density at radius 3 is 2.42 bits per heavy atom. The largest absolute Gasteiger partial charge is 0.545 e. The third-order valence-electron chi connectivity index (χ3n) is 3.16. The monoisotopic (exact) mass is 257 g/mol. The van der Waals surface area contributed by atoms with Crippen LogP contribution < -0.4 is 5.11 Å². The molecule has 100 valence electrons. The van der Waals surface area contributed by atoms with E-state index in [-0.39, 0.29) is 5.56 Å². The van der Waals surface area contributed by atoms with Crippen LogP contribution in [-0.2, 0) is 6.42 Å². The summed E-state index contributed by atoms with van der Waals surface area (Å²) in [5.41, 5.74) is 3.46. The summed E-state index contributed by atoms with van der Waals surface area (Å²) in [5.74, 6) is -1.15. The average Bonchev–Trinajstić information content (AvgIpc) is 2.68. The number of aromatic nitrogens is 2. The van der Waals surface area contributed by atoms with Crippen LogP contribution in [0.25, 0.3) is 5.69 Å². The molecule has 0 saturated heterocycles. The first-order chi connectivity index (χ1) is 9.04. The van der Waals surface area contributed by atoms with Crippen LogP contribution in [0.1, 0.15) is 40.7 Å². The number of nitrogens with zero attached hydrogens (tertiary/aromatic N) is 2. The van der Waals surface area contributed by atoms with E-state index < -0.39 is 5.97 Å². The summed E-state index contributed by atoms with van der Waals surface area (Å²) < 4.78 is 1.68. The first-order valence-electron chi connectivity index (χ1n) is 6.41. The molecule has 0 aliphatic carbocycles. The molecule has 0 atom stereocenters. The molecule has 4 heteroatoms. The zero-order chi connectivity index (χ0) is 14.0. The molecule has 0 N–H and O–H groups in total. The van der Waals surface area contributed by atoms with Gasteiger partial charge in [-0.05, 0) is 32.4 Å². The Balaban J connectivity index is 2.55. The summed E-state index contributed by atoms with van der Waals surface area (Å²) in [6.07, 6.45) is 1.49. The zero-order valence-corrected chi connectivity index (χ0v) is 11.4. The van der Waals surface area contributed by atoms with E-state index in [1.165, 1.54) is 0 Å². The van der Waals surface area contributed by atoms with Gasteiger partial charge in [0.25, 0.3) is 0 Å². The van der Waals surface area contributed by atoms with Crippen molar-refractivity contribution in [3.05, 3.63) is 46.8 Å². The van der Waals surface area contributed by atoms with Crippen molar-refractivity contribution < 1.29 is 9.90 Å². The molecule has 1 aromatic heterocycles. The molecule has 0 aliphatic heterocycles. The van der Waals surface area contributed by atoms with E-state index in [4.69, 9.17) is 0 Å². The van der Waals surface area contributed by atoms with Crippen molar-refractivity contribution in [2.75, 3.05) is 0 Å². The van der Waals surface area contributed by atoms with Crippen LogP contribution >= 0.6 is 0 Å². The Morgan fingerprint density at radius 1 is 1.26 bits per heavy atom. The summed E-state index contributed by atoms with van der Waals surface area (Å²) in [5, 5.41) is 15.7. The van der Waals surface area contributed by atoms with Gasteiger partial charge < -0.3 is 9.90 Å². The fourth-order valence-corrected chi connectivity index (χ4v) is 2.18. The molecule has 4 nitrogen and oxygen atoms in total. The second-order valence-corrected chi connectivity index (χ2v) is 4.69. The molecule has 2 aromatic rings. The van der Waals surface area contributed by atoms with E-state index in [0.29, 0.717) is 17.8 Å². The van der Waals surface area contributed by atoms with Crippen molar-refractivity contribution in [3.63, 3.8) is 0 Å². The summed E-state index contributed by atoms with van der Waals surface area (Å²) in [6.45, 7) is 5.77. The lowest BCUT2D eigenvalue weighted by atomic mass is 10.1. The highest BCUT2D eigenvalue weighted by atomic mass is 16.4. The minimum atomic E-state index is -1.15. The molecule has 2 rings (SSSR count). The molecule has 0 saturated carbocycles. The van der Waals surface area contributed by atoms with E-state index >= 15 is 0 Å². The van der Waals surface area contributed by atoms with Gasteiger partial charge in [0.1, 0.15) is 0 Å². The highest BCUT2D eigenvalue weighted by Crippen LogP contribution is 2.19. The van der Waals surface area contributed by atoms with E-state index in [9.17, 15) is 9.90 Å². The van der Waals surface area contributed by atoms with E-state index in [0.717, 1.165) is 17.7 Å². The van der Waals surface area contributed by atoms with Crippen LogP contribution in [0.4, 0.5) is 0 Å². The van der Waals surface area contributed by atoms with Crippen LogP contribution in [-0.4, -0.2) is 15.7 Å². The summed E-state index contributed by atoms with van der Waals surface area (Å²) in [6, 6.07) is 7.83. The maximum absolute atomic E-state index is 11.3. The zero-order valence-electron chi connectivity index (χ0n) is 11.4. The van der Waals surface area contributed by atoms with Crippen molar-refractivity contribution in [2.24, 2.45) is 0 Å². The number of aromatic carboxylic acids is 1. The smallest absolute Gasteiger partial charge is 0.0752 e. The number of carbonyl (C=O) groups is 1. The number of benzene rings is 1. The van der Waals surface area contributed by atoms with Crippen LogP contribution in [0.3, 0.4) is 0 Å². The predicted octanol–water partition coefficient (Wildman–Crippen LogP) is 1.81. The molecule has 1 aromatic carbocycles. The number of rotatable bonds is 4. The standard InChI is InChI=1S/C15H18N2O2/c1-4-5-13-14(15(18)19)11(3)17(16-13)12-8-6-10(2)7-9-12/h6-9H,4-5H2,1-3H3,(H,18,19)/p-1. The van der Waals surface area contributed by atoms with Crippen LogP contribution in [0.5, 0.6) is 0 Å². The summed E-state index contributed by atoms with van der Waals surface area (Å²) in [4.78, 5) is 11.3. The predicted molar refractivity (Wildman–Crippen MR) is 71.4 cm³/mol. The van der Waals surface area contributed by atoms with Gasteiger partial charge in [0.05, 0.1) is 23.0 Å². The third kappa shape index (κ3) is 2.52. The van der Waals surface area contributed by atoms with E-state index in [1.54, 1.807) is 11.6 Å². The Morgan fingerprint density at radius 2 is 1.89 bits per heavy atom. The van der Waals surface area contributed by atoms with Crippen molar-refractivity contribution in [1.82, 2.24) is 9.78 Å². The molecule has 0 aliphatic rings. The van der Waals surface area contributed by atoms with Gasteiger partial charge in [0, 0.05) is 5.56 Å². The van der Waals surface area contributed by atoms with Crippen molar-refractivity contribution >= 4 is 5.97 Å². The van der Waals surface area contributed by atoms with Gasteiger partial charge in [-0.25, -0.2) is 4.68 Å². The number of aryl methyl sites for hydroxylation is 2. The topological polar surface area (TPSA) is 58.0 Å². The first kappa shape index (κ1) is 13.3. The Labute approximate surface area is 112 Å². The first-order valence-corrected chi connectivity index (χ1v) is 6.41. The SMILES string of the molecule is CCCc1nn(-c2ccc(C)cc2)c(C)c1C(=O)[O-]. The number of carbonyl (C=O) groups excluding carboxylic acids is 1. The fourth-order valence-electron chi connectivity index (χ4n) is 2.18. The quantitative estimate of drug-likeness (QED) is 0.839. The Bertz CT molecular complexity index is 597. The highest BCUT2D eigenvalue weighted by Gasteiger charge is 2.15. The van der Waals surface area contributed by atoms with Gasteiger partial charge in [-0.3, -0.25) is 0 Å². The van der Waals surface area contributed by atoms with Gasteiger partial charge in [-0.15, -0.1) is 0 Å². The number of carboxylic acids is 1. The Kier molecular flexibility index (Phi) is 3.69. The lowest BCUT2D eigenvalue weighted by Gasteiger charge is -2.06. The molecule has 0 bridgehead atoms. The van der Waals surface area contributed by atoms with E-state index in [1.807, 2.05) is 38.1 Å². The van der Waals surface area contributed by atoms with Gasteiger partial charge in [-0.2, -0.15) is 5.10 Å². The highest BCUT2D eigenvalue weighted by molar-refractivity contribution is 5.88. The molecule has 0 amide bonds. The molecule has 0 spiro atoms.